The molecule has 4 rings (SSSR count). The summed E-state index contributed by atoms with van der Waals surface area (Å²) in [6.07, 6.45) is 0.411. The zero-order valence-electron chi connectivity index (χ0n) is 17.6. The molecule has 32 heavy (non-hydrogen) atoms. The van der Waals surface area contributed by atoms with Gasteiger partial charge in [0, 0.05) is 12.1 Å². The largest absolute Gasteiger partial charge is 0.497 e. The number of methoxy groups -OCH3 is 1. The summed E-state index contributed by atoms with van der Waals surface area (Å²) in [7, 11) is -1.55. The van der Waals surface area contributed by atoms with E-state index in [2.05, 4.69) is 10.3 Å². The number of aromatic nitrogens is 2. The van der Waals surface area contributed by atoms with E-state index in [1.165, 1.54) is 4.57 Å². The molecule has 1 fully saturated rings. The fourth-order valence-electron chi connectivity index (χ4n) is 3.61. The van der Waals surface area contributed by atoms with Crippen molar-refractivity contribution < 1.29 is 17.9 Å². The average Bonchev–Trinajstić information content (AvgIpc) is 3.12. The normalized spacial score (nSPS) is 18.4. The van der Waals surface area contributed by atoms with E-state index in [0.29, 0.717) is 33.9 Å². The quantitative estimate of drug-likeness (QED) is 0.432. The van der Waals surface area contributed by atoms with Crippen molar-refractivity contribution in [3.63, 3.8) is 0 Å². The highest BCUT2D eigenvalue weighted by atomic mass is 32.2. The summed E-state index contributed by atoms with van der Waals surface area (Å²) in [4.78, 5) is 30.8. The first-order chi connectivity index (χ1) is 15.3. The van der Waals surface area contributed by atoms with Crippen LogP contribution in [0.1, 0.15) is 13.3 Å². The number of fused-ring (bicyclic) bond motifs is 1. The van der Waals surface area contributed by atoms with Crippen LogP contribution in [0.2, 0.25) is 0 Å². The molecule has 1 saturated heterocycles. The summed E-state index contributed by atoms with van der Waals surface area (Å²) in [5.41, 5.74) is 0.860. The van der Waals surface area contributed by atoms with Crippen molar-refractivity contribution >= 4 is 38.4 Å². The van der Waals surface area contributed by atoms with Gasteiger partial charge in [0.05, 0.1) is 40.5 Å². The number of amides is 1. The lowest BCUT2D eigenvalue weighted by molar-refractivity contribution is -0.120. The van der Waals surface area contributed by atoms with Gasteiger partial charge >= 0.3 is 0 Å². The van der Waals surface area contributed by atoms with Crippen LogP contribution < -0.4 is 15.6 Å². The second kappa shape index (κ2) is 8.95. The summed E-state index contributed by atoms with van der Waals surface area (Å²) < 4.78 is 30.1. The molecule has 0 saturated carbocycles. The van der Waals surface area contributed by atoms with Crippen LogP contribution in [0.3, 0.4) is 0 Å². The average molecular weight is 474 g/mol. The molecule has 1 aliphatic heterocycles. The van der Waals surface area contributed by atoms with Gasteiger partial charge in [-0.1, -0.05) is 30.0 Å². The summed E-state index contributed by atoms with van der Waals surface area (Å²) in [6, 6.07) is 13.7. The number of hydrogen-bond acceptors (Lipinski definition) is 7. The molecule has 1 aromatic heterocycles. The van der Waals surface area contributed by atoms with Gasteiger partial charge < -0.3 is 10.1 Å². The van der Waals surface area contributed by atoms with Crippen molar-refractivity contribution in [1.82, 2.24) is 14.9 Å². The second-order valence-corrected chi connectivity index (χ2v) is 11.2. The fraction of sp³-hybridized carbons (Fsp3) is 0.318. The number of hydrogen-bond donors (Lipinski definition) is 1. The topological polar surface area (TPSA) is 107 Å². The van der Waals surface area contributed by atoms with E-state index in [1.54, 1.807) is 62.6 Å². The predicted octanol–water partition coefficient (Wildman–Crippen LogP) is 2.18. The number of carbonyl (C=O) groups excluding carboxylic acids is 1. The zero-order valence-corrected chi connectivity index (χ0v) is 19.3. The van der Waals surface area contributed by atoms with Crippen LogP contribution in [0.4, 0.5) is 0 Å². The molecule has 0 aliphatic carbocycles. The summed E-state index contributed by atoms with van der Waals surface area (Å²) in [6.45, 7) is 1.71. The van der Waals surface area contributed by atoms with E-state index >= 15 is 0 Å². The van der Waals surface area contributed by atoms with Crippen molar-refractivity contribution in [2.24, 2.45) is 0 Å². The monoisotopic (exact) mass is 473 g/mol. The Hall–Kier alpha value is -2.85. The molecule has 0 spiro atoms. The molecule has 10 heteroatoms. The third-order valence-corrected chi connectivity index (χ3v) is 8.11. The third kappa shape index (κ3) is 4.66. The minimum Gasteiger partial charge on any atom is -0.497 e. The Kier molecular flexibility index (Phi) is 6.25. The van der Waals surface area contributed by atoms with Crippen LogP contribution in [0.15, 0.2) is 58.5 Å². The van der Waals surface area contributed by atoms with Crippen LogP contribution in [-0.2, 0) is 14.6 Å². The first kappa shape index (κ1) is 22.3. The molecule has 1 N–H and O–H groups in total. The number of carbonyl (C=O) groups is 1. The first-order valence-electron chi connectivity index (χ1n) is 10.1. The molecule has 2 atom stereocenters. The molecule has 1 amide bonds. The summed E-state index contributed by atoms with van der Waals surface area (Å²) in [5.74, 6) is 0.336. The number of nitrogens with zero attached hydrogens (tertiary/aromatic N) is 2. The van der Waals surface area contributed by atoms with E-state index < -0.39 is 15.1 Å². The number of nitrogens with one attached hydrogen (secondary N) is 1. The molecular weight excluding hydrogens is 450 g/mol. The highest BCUT2D eigenvalue weighted by molar-refractivity contribution is 8.00. The Bertz CT molecular complexity index is 1340. The van der Waals surface area contributed by atoms with Crippen molar-refractivity contribution in [2.45, 2.75) is 29.8 Å². The molecule has 0 radical (unpaired) electrons. The van der Waals surface area contributed by atoms with Gasteiger partial charge in [0.15, 0.2) is 15.0 Å². The van der Waals surface area contributed by atoms with Gasteiger partial charge in [-0.3, -0.25) is 14.2 Å². The molecule has 8 nitrogen and oxygen atoms in total. The highest BCUT2D eigenvalue weighted by Gasteiger charge is 2.30. The van der Waals surface area contributed by atoms with Crippen LogP contribution in [0, 0.1) is 0 Å². The maximum atomic E-state index is 13.4. The van der Waals surface area contributed by atoms with Crippen LogP contribution in [-0.4, -0.2) is 53.8 Å². The zero-order chi connectivity index (χ0) is 22.9. The smallest absolute Gasteiger partial charge is 0.266 e. The molecule has 2 aromatic carbocycles. The number of thioether (sulfide) groups is 1. The standard InChI is InChI=1S/C22H23N3O5S2/c1-14(20(26)23-15-10-11-32(28,29)13-15)31-22-24-19-9-4-3-8-18(19)21(27)25(22)16-6-5-7-17(12-16)30-2/h3-9,12,14-15H,10-11,13H2,1-2H3,(H,23,26)/t14-,15-/m0/s1. The van der Waals surface area contributed by atoms with Gasteiger partial charge in [-0.25, -0.2) is 13.4 Å². The Morgan fingerprint density at radius 2 is 2.03 bits per heavy atom. The SMILES string of the molecule is COc1cccc(-n2c(S[C@@H](C)C(=O)N[C@H]3CCS(=O)(=O)C3)nc3ccccc3c2=O)c1. The van der Waals surface area contributed by atoms with E-state index in [-0.39, 0.29) is 29.0 Å². The molecule has 168 valence electrons. The molecular formula is C22H23N3O5S2. The van der Waals surface area contributed by atoms with Gasteiger partial charge in [0.2, 0.25) is 5.91 Å². The lowest BCUT2D eigenvalue weighted by Gasteiger charge is -2.18. The summed E-state index contributed by atoms with van der Waals surface area (Å²) >= 11 is 1.15. The van der Waals surface area contributed by atoms with Gasteiger partial charge in [-0.05, 0) is 37.6 Å². The minimum atomic E-state index is -3.10. The number of sulfone groups is 1. The van der Waals surface area contributed by atoms with Gasteiger partial charge in [0.1, 0.15) is 5.75 Å². The van der Waals surface area contributed by atoms with Gasteiger partial charge in [0.25, 0.3) is 5.56 Å². The van der Waals surface area contributed by atoms with E-state index in [9.17, 15) is 18.0 Å². The van der Waals surface area contributed by atoms with Crippen molar-refractivity contribution in [2.75, 3.05) is 18.6 Å². The van der Waals surface area contributed by atoms with Crippen molar-refractivity contribution in [3.8, 4) is 11.4 Å². The van der Waals surface area contributed by atoms with Gasteiger partial charge in [-0.2, -0.15) is 0 Å². The minimum absolute atomic E-state index is 0.0428. The fourth-order valence-corrected chi connectivity index (χ4v) is 6.22. The molecule has 2 heterocycles. The van der Waals surface area contributed by atoms with Crippen molar-refractivity contribution in [1.29, 1.82) is 0 Å². The molecule has 3 aromatic rings. The molecule has 0 unspecified atom stereocenters. The number of para-hydroxylation sites is 1. The Labute approximate surface area is 189 Å². The van der Waals surface area contributed by atoms with Crippen LogP contribution in [0.5, 0.6) is 5.75 Å². The lowest BCUT2D eigenvalue weighted by atomic mass is 10.2. The number of ether oxygens (including phenoxy) is 1. The molecule has 0 bridgehead atoms. The number of rotatable bonds is 6. The highest BCUT2D eigenvalue weighted by Crippen LogP contribution is 2.27. The first-order valence-corrected chi connectivity index (χ1v) is 12.8. The second-order valence-electron chi connectivity index (χ2n) is 7.62. The number of benzene rings is 2. The van der Waals surface area contributed by atoms with Gasteiger partial charge in [-0.15, -0.1) is 0 Å². The predicted molar refractivity (Wildman–Crippen MR) is 124 cm³/mol. The Morgan fingerprint density at radius 3 is 2.75 bits per heavy atom. The lowest BCUT2D eigenvalue weighted by Crippen LogP contribution is -2.40. The Balaban J connectivity index is 1.69. The van der Waals surface area contributed by atoms with E-state index in [0.717, 1.165) is 11.8 Å². The van der Waals surface area contributed by atoms with Crippen LogP contribution in [0.25, 0.3) is 16.6 Å². The maximum Gasteiger partial charge on any atom is 0.266 e. The Morgan fingerprint density at radius 1 is 1.25 bits per heavy atom. The van der Waals surface area contributed by atoms with E-state index in [1.807, 2.05) is 0 Å². The van der Waals surface area contributed by atoms with Crippen molar-refractivity contribution in [3.05, 3.63) is 58.9 Å². The molecule has 1 aliphatic rings. The third-order valence-electron chi connectivity index (χ3n) is 5.29. The van der Waals surface area contributed by atoms with Crippen LogP contribution >= 0.6 is 11.8 Å². The maximum absolute atomic E-state index is 13.4. The van der Waals surface area contributed by atoms with E-state index in [4.69, 9.17) is 4.74 Å². The summed E-state index contributed by atoms with van der Waals surface area (Å²) in [5, 5.41) is 3.05.